The Hall–Kier alpha value is -0.0800. The minimum atomic E-state index is 0.383. The van der Waals surface area contributed by atoms with Crippen molar-refractivity contribution < 1.29 is 0 Å². The Morgan fingerprint density at radius 3 is 2.53 bits per heavy atom. The van der Waals surface area contributed by atoms with Crippen LogP contribution in [0.4, 0.5) is 0 Å². The third-order valence-electron chi connectivity index (χ3n) is 5.35. The van der Waals surface area contributed by atoms with Gasteiger partial charge in [0, 0.05) is 30.7 Å². The van der Waals surface area contributed by atoms with Crippen LogP contribution in [-0.2, 0) is 0 Å². The monoisotopic (exact) mass is 238 g/mol. The van der Waals surface area contributed by atoms with Crippen molar-refractivity contribution in [3.05, 3.63) is 0 Å². The average Bonchev–Trinajstić information content (AvgIpc) is 3.15. The lowest BCUT2D eigenvalue weighted by Crippen LogP contribution is -2.65. The van der Waals surface area contributed by atoms with Gasteiger partial charge in [0.15, 0.2) is 0 Å². The molecule has 2 rings (SSSR count). The largest absolute Gasteiger partial charge is 0.308 e. The normalized spacial score (nSPS) is 39.0. The Kier molecular flexibility index (Phi) is 3.84. The van der Waals surface area contributed by atoms with Gasteiger partial charge in [0.2, 0.25) is 0 Å². The molecule has 1 aliphatic carbocycles. The molecule has 0 aromatic heterocycles. The van der Waals surface area contributed by atoms with Crippen LogP contribution in [0.2, 0.25) is 0 Å². The number of piperazine rings is 1. The second kappa shape index (κ2) is 4.89. The topological polar surface area (TPSA) is 15.3 Å². The maximum atomic E-state index is 3.81. The first-order chi connectivity index (χ1) is 7.98. The van der Waals surface area contributed by atoms with Gasteiger partial charge in [-0.3, -0.25) is 4.90 Å². The second-order valence-corrected chi connectivity index (χ2v) is 6.72. The molecule has 1 saturated carbocycles. The summed E-state index contributed by atoms with van der Waals surface area (Å²) in [6, 6.07) is 1.40. The maximum Gasteiger partial charge on any atom is 0.0309 e. The molecule has 1 heterocycles. The van der Waals surface area contributed by atoms with Crippen LogP contribution in [0.5, 0.6) is 0 Å². The summed E-state index contributed by atoms with van der Waals surface area (Å²) in [7, 11) is 0. The summed E-state index contributed by atoms with van der Waals surface area (Å²) in [5.41, 5.74) is 0.383. The Morgan fingerprint density at radius 2 is 2.00 bits per heavy atom. The van der Waals surface area contributed by atoms with Crippen LogP contribution in [0.3, 0.4) is 0 Å². The van der Waals surface area contributed by atoms with Gasteiger partial charge in [-0.1, -0.05) is 20.3 Å². The Labute approximate surface area is 107 Å². The van der Waals surface area contributed by atoms with E-state index in [0.29, 0.717) is 11.6 Å². The summed E-state index contributed by atoms with van der Waals surface area (Å²) in [5, 5.41) is 3.81. The van der Waals surface area contributed by atoms with Gasteiger partial charge in [-0.05, 0) is 45.4 Å². The summed E-state index contributed by atoms with van der Waals surface area (Å²) in [4.78, 5) is 2.75. The lowest BCUT2D eigenvalue weighted by molar-refractivity contribution is 0.0323. The molecule has 0 aromatic rings. The first kappa shape index (κ1) is 13.4. The number of hydrogen-bond acceptors (Lipinski definition) is 2. The molecule has 0 aromatic carbocycles. The molecular weight excluding hydrogens is 208 g/mol. The number of nitrogens with one attached hydrogen (secondary N) is 1. The molecule has 1 aliphatic heterocycles. The lowest BCUT2D eigenvalue weighted by Gasteiger charge is -2.49. The highest BCUT2D eigenvalue weighted by atomic mass is 15.3. The first-order valence-corrected chi connectivity index (χ1v) is 7.48. The summed E-state index contributed by atoms with van der Waals surface area (Å²) in [6.45, 7) is 14.3. The van der Waals surface area contributed by atoms with E-state index in [9.17, 15) is 0 Å². The molecule has 17 heavy (non-hydrogen) atoms. The lowest BCUT2D eigenvalue weighted by atomic mass is 9.88. The standard InChI is InChI=1S/C15H30N2/c1-6-11(2)13(4)17-10-15(5,14-7-8-14)16-9-12(17)3/h11-14,16H,6-10H2,1-5H3. The van der Waals surface area contributed by atoms with E-state index in [1.807, 2.05) is 0 Å². The molecule has 0 bridgehead atoms. The van der Waals surface area contributed by atoms with E-state index in [-0.39, 0.29) is 0 Å². The summed E-state index contributed by atoms with van der Waals surface area (Å²) >= 11 is 0. The zero-order valence-electron chi connectivity index (χ0n) is 12.3. The van der Waals surface area contributed by atoms with Gasteiger partial charge in [-0.2, -0.15) is 0 Å². The molecule has 4 atom stereocenters. The zero-order chi connectivity index (χ0) is 12.6. The second-order valence-electron chi connectivity index (χ2n) is 6.72. The van der Waals surface area contributed by atoms with Gasteiger partial charge >= 0.3 is 0 Å². The molecule has 0 radical (unpaired) electrons. The Morgan fingerprint density at radius 1 is 1.35 bits per heavy atom. The van der Waals surface area contributed by atoms with Gasteiger partial charge in [0.1, 0.15) is 0 Å². The highest BCUT2D eigenvalue weighted by molar-refractivity contribution is 5.04. The number of rotatable bonds is 4. The Balaban J connectivity index is 2.03. The number of hydrogen-bond donors (Lipinski definition) is 1. The van der Waals surface area contributed by atoms with Crippen LogP contribution in [0, 0.1) is 11.8 Å². The predicted molar refractivity (Wildman–Crippen MR) is 74.2 cm³/mol. The molecule has 2 aliphatic rings. The smallest absolute Gasteiger partial charge is 0.0309 e. The van der Waals surface area contributed by atoms with Crippen molar-refractivity contribution in [2.24, 2.45) is 11.8 Å². The molecule has 1 saturated heterocycles. The van der Waals surface area contributed by atoms with Crippen LogP contribution in [0.25, 0.3) is 0 Å². The van der Waals surface area contributed by atoms with Crippen molar-refractivity contribution in [2.75, 3.05) is 13.1 Å². The van der Waals surface area contributed by atoms with Crippen molar-refractivity contribution in [1.29, 1.82) is 0 Å². The van der Waals surface area contributed by atoms with Gasteiger partial charge in [-0.25, -0.2) is 0 Å². The SMILES string of the molecule is CCC(C)C(C)N1CC(C)(C2CC2)NCC1C. The van der Waals surface area contributed by atoms with Gasteiger partial charge in [-0.15, -0.1) is 0 Å². The average molecular weight is 238 g/mol. The molecule has 1 N–H and O–H groups in total. The van der Waals surface area contributed by atoms with Gasteiger partial charge < -0.3 is 5.32 Å². The fourth-order valence-corrected chi connectivity index (χ4v) is 3.30. The molecule has 4 unspecified atom stereocenters. The van der Waals surface area contributed by atoms with Gasteiger partial charge in [0.25, 0.3) is 0 Å². The molecule has 2 fully saturated rings. The van der Waals surface area contributed by atoms with Crippen molar-refractivity contribution >= 4 is 0 Å². The summed E-state index contributed by atoms with van der Waals surface area (Å²) in [6.07, 6.45) is 4.16. The quantitative estimate of drug-likeness (QED) is 0.810. The van der Waals surface area contributed by atoms with Crippen LogP contribution in [0.1, 0.15) is 53.9 Å². The summed E-state index contributed by atoms with van der Waals surface area (Å²) in [5.74, 6) is 1.74. The molecule has 0 spiro atoms. The van der Waals surface area contributed by atoms with E-state index in [1.54, 1.807) is 0 Å². The fraction of sp³-hybridized carbons (Fsp3) is 1.00. The summed E-state index contributed by atoms with van der Waals surface area (Å²) < 4.78 is 0. The van der Waals surface area contributed by atoms with E-state index in [0.717, 1.165) is 24.4 Å². The van der Waals surface area contributed by atoms with Crippen LogP contribution in [-0.4, -0.2) is 35.6 Å². The first-order valence-electron chi connectivity index (χ1n) is 7.48. The Bertz CT molecular complexity index is 262. The third kappa shape index (κ3) is 2.68. The van der Waals surface area contributed by atoms with Crippen molar-refractivity contribution in [1.82, 2.24) is 10.2 Å². The highest BCUT2D eigenvalue weighted by Crippen LogP contribution is 2.41. The van der Waals surface area contributed by atoms with Gasteiger partial charge in [0.05, 0.1) is 0 Å². The molecule has 2 heteroatoms. The predicted octanol–water partition coefficient (Wildman–Crippen LogP) is 2.88. The molecule has 0 amide bonds. The zero-order valence-corrected chi connectivity index (χ0v) is 12.3. The van der Waals surface area contributed by atoms with Crippen molar-refractivity contribution in [3.8, 4) is 0 Å². The van der Waals surface area contributed by atoms with E-state index in [1.165, 1.54) is 25.8 Å². The minimum absolute atomic E-state index is 0.383. The molecule has 100 valence electrons. The maximum absolute atomic E-state index is 3.81. The molecule has 2 nitrogen and oxygen atoms in total. The van der Waals surface area contributed by atoms with Crippen LogP contribution >= 0.6 is 0 Å². The van der Waals surface area contributed by atoms with E-state index in [4.69, 9.17) is 0 Å². The van der Waals surface area contributed by atoms with Crippen molar-refractivity contribution in [3.63, 3.8) is 0 Å². The minimum Gasteiger partial charge on any atom is -0.308 e. The fourth-order valence-electron chi connectivity index (χ4n) is 3.30. The van der Waals surface area contributed by atoms with E-state index < -0.39 is 0 Å². The highest BCUT2D eigenvalue weighted by Gasteiger charge is 2.46. The molecular formula is C15H30N2. The third-order valence-corrected chi connectivity index (χ3v) is 5.35. The van der Waals surface area contributed by atoms with Crippen molar-refractivity contribution in [2.45, 2.75) is 71.5 Å². The number of nitrogens with zero attached hydrogens (tertiary/aromatic N) is 1. The van der Waals surface area contributed by atoms with Crippen LogP contribution < -0.4 is 5.32 Å². The van der Waals surface area contributed by atoms with E-state index >= 15 is 0 Å². The van der Waals surface area contributed by atoms with Crippen LogP contribution in [0.15, 0.2) is 0 Å². The van der Waals surface area contributed by atoms with E-state index in [2.05, 4.69) is 44.8 Å².